The summed E-state index contributed by atoms with van der Waals surface area (Å²) in [6, 6.07) is 15.1. The minimum Gasteiger partial charge on any atom is -0.339 e. The lowest BCUT2D eigenvalue weighted by molar-refractivity contribution is 0.101. The predicted molar refractivity (Wildman–Crippen MR) is 94.0 cm³/mol. The largest absolute Gasteiger partial charge is 0.339 e. The highest BCUT2D eigenvalue weighted by Gasteiger charge is 2.05. The Labute approximate surface area is 140 Å². The monoisotopic (exact) mass is 319 g/mol. The summed E-state index contributed by atoms with van der Waals surface area (Å²) in [6.45, 7) is 3.54. The molecule has 6 nitrogen and oxygen atoms in total. The summed E-state index contributed by atoms with van der Waals surface area (Å²) in [4.78, 5) is 15.9. The predicted octanol–water partition coefficient (Wildman–Crippen LogP) is 3.87. The van der Waals surface area contributed by atoms with Crippen LogP contribution in [0.2, 0.25) is 0 Å². The van der Waals surface area contributed by atoms with Crippen molar-refractivity contribution in [2.24, 2.45) is 0 Å². The Morgan fingerprint density at radius 2 is 1.88 bits per heavy atom. The first-order valence-corrected chi connectivity index (χ1v) is 7.52. The second kappa shape index (κ2) is 6.87. The maximum absolute atomic E-state index is 11.5. The first-order valence-electron chi connectivity index (χ1n) is 7.52. The number of para-hydroxylation sites is 1. The van der Waals surface area contributed by atoms with Gasteiger partial charge < -0.3 is 10.6 Å². The van der Waals surface area contributed by atoms with Crippen LogP contribution in [0.15, 0.2) is 54.7 Å². The quantitative estimate of drug-likeness (QED) is 0.695. The van der Waals surface area contributed by atoms with Crippen molar-refractivity contribution in [3.05, 3.63) is 65.9 Å². The van der Waals surface area contributed by atoms with E-state index in [1.54, 1.807) is 12.1 Å². The number of carbonyl (C=O) groups excluding carboxylic acids is 1. The van der Waals surface area contributed by atoms with Crippen molar-refractivity contribution in [2.45, 2.75) is 13.8 Å². The molecule has 0 radical (unpaired) electrons. The molecule has 3 aromatic rings. The van der Waals surface area contributed by atoms with Gasteiger partial charge >= 0.3 is 0 Å². The second-order valence-electron chi connectivity index (χ2n) is 5.37. The van der Waals surface area contributed by atoms with Crippen LogP contribution < -0.4 is 10.6 Å². The van der Waals surface area contributed by atoms with Crippen molar-refractivity contribution in [3.8, 4) is 0 Å². The second-order valence-corrected chi connectivity index (χ2v) is 5.37. The highest BCUT2D eigenvalue weighted by Crippen LogP contribution is 2.19. The topological polar surface area (TPSA) is 79.8 Å². The molecule has 0 unspecified atom stereocenters. The number of rotatable bonds is 5. The van der Waals surface area contributed by atoms with E-state index in [1.807, 2.05) is 43.3 Å². The number of nitrogens with one attached hydrogen (secondary N) is 2. The normalized spacial score (nSPS) is 10.2. The molecular weight excluding hydrogens is 302 g/mol. The maximum atomic E-state index is 11.5. The Bertz CT molecular complexity index is 879. The van der Waals surface area contributed by atoms with Crippen LogP contribution >= 0.6 is 0 Å². The number of hydrogen-bond acceptors (Lipinski definition) is 6. The van der Waals surface area contributed by atoms with E-state index in [2.05, 4.69) is 25.8 Å². The maximum Gasteiger partial charge on any atom is 0.249 e. The molecular formula is C18H17N5O. The molecule has 2 N–H and O–H groups in total. The van der Waals surface area contributed by atoms with Crippen molar-refractivity contribution in [1.82, 2.24) is 15.2 Å². The van der Waals surface area contributed by atoms with E-state index in [-0.39, 0.29) is 5.78 Å². The van der Waals surface area contributed by atoms with Gasteiger partial charge in [0.25, 0.3) is 0 Å². The summed E-state index contributed by atoms with van der Waals surface area (Å²) in [6.07, 6.45) is 1.53. The Kier molecular flexibility index (Phi) is 4.47. The fourth-order valence-electron chi connectivity index (χ4n) is 2.21. The Balaban J connectivity index is 1.79. The number of ketones is 1. The smallest absolute Gasteiger partial charge is 0.249 e. The van der Waals surface area contributed by atoms with Crippen molar-refractivity contribution in [3.63, 3.8) is 0 Å². The molecule has 0 bridgehead atoms. The molecule has 0 saturated carbocycles. The lowest BCUT2D eigenvalue weighted by Gasteiger charge is -2.09. The lowest BCUT2D eigenvalue weighted by Crippen LogP contribution is -2.03. The summed E-state index contributed by atoms with van der Waals surface area (Å²) in [7, 11) is 0. The minimum absolute atomic E-state index is 0.0152. The average molecular weight is 319 g/mol. The molecule has 0 spiro atoms. The summed E-state index contributed by atoms with van der Waals surface area (Å²) < 4.78 is 0. The Hall–Kier alpha value is -3.28. The van der Waals surface area contributed by atoms with Crippen LogP contribution in [0, 0.1) is 6.92 Å². The molecule has 6 heteroatoms. The molecule has 120 valence electrons. The van der Waals surface area contributed by atoms with Crippen molar-refractivity contribution in [2.75, 3.05) is 10.6 Å². The minimum atomic E-state index is 0.0152. The van der Waals surface area contributed by atoms with Crippen LogP contribution in [0.3, 0.4) is 0 Å². The molecule has 0 saturated heterocycles. The van der Waals surface area contributed by atoms with Crippen molar-refractivity contribution < 1.29 is 4.79 Å². The summed E-state index contributed by atoms with van der Waals surface area (Å²) >= 11 is 0. The fraction of sp³-hybridized carbons (Fsp3) is 0.111. The van der Waals surface area contributed by atoms with E-state index >= 15 is 0 Å². The van der Waals surface area contributed by atoms with Crippen LogP contribution in [0.25, 0.3) is 0 Å². The lowest BCUT2D eigenvalue weighted by atomic mass is 10.1. The zero-order valence-corrected chi connectivity index (χ0v) is 13.4. The molecule has 2 aromatic carbocycles. The van der Waals surface area contributed by atoms with Gasteiger partial charge in [0.1, 0.15) is 0 Å². The van der Waals surface area contributed by atoms with Crippen LogP contribution in [0.5, 0.6) is 0 Å². The molecule has 0 aliphatic heterocycles. The van der Waals surface area contributed by atoms with Gasteiger partial charge in [-0.2, -0.15) is 10.1 Å². The molecule has 1 aromatic heterocycles. The molecule has 3 rings (SSSR count). The van der Waals surface area contributed by atoms with Gasteiger partial charge in [0.2, 0.25) is 5.95 Å². The molecule has 0 aliphatic carbocycles. The summed E-state index contributed by atoms with van der Waals surface area (Å²) in [5.41, 5.74) is 3.42. The number of anilines is 4. The van der Waals surface area contributed by atoms with Gasteiger partial charge in [0.15, 0.2) is 11.6 Å². The third-order valence-corrected chi connectivity index (χ3v) is 3.49. The van der Waals surface area contributed by atoms with E-state index in [0.29, 0.717) is 17.3 Å². The van der Waals surface area contributed by atoms with Crippen LogP contribution in [0.1, 0.15) is 22.8 Å². The molecule has 1 heterocycles. The standard InChI is InChI=1S/C18H17N5O/c1-12-6-3-4-9-16(12)21-18-22-17(11-19-23-18)20-15-8-5-7-14(10-15)13(2)24/h3-11H,1-2H3,(H2,20,21,22,23). The van der Waals surface area contributed by atoms with Crippen LogP contribution in [0.4, 0.5) is 23.1 Å². The fourth-order valence-corrected chi connectivity index (χ4v) is 2.21. The van der Waals surface area contributed by atoms with Gasteiger partial charge in [-0.15, -0.1) is 5.10 Å². The van der Waals surface area contributed by atoms with Gasteiger partial charge in [0.05, 0.1) is 6.20 Å². The zero-order valence-electron chi connectivity index (χ0n) is 13.4. The van der Waals surface area contributed by atoms with E-state index in [1.165, 1.54) is 13.1 Å². The molecule has 0 atom stereocenters. The first-order chi connectivity index (χ1) is 11.6. The van der Waals surface area contributed by atoms with E-state index in [4.69, 9.17) is 0 Å². The first kappa shape index (κ1) is 15.6. The van der Waals surface area contributed by atoms with Crippen molar-refractivity contribution in [1.29, 1.82) is 0 Å². The Morgan fingerprint density at radius 1 is 1.04 bits per heavy atom. The third kappa shape index (κ3) is 3.73. The Morgan fingerprint density at radius 3 is 2.67 bits per heavy atom. The number of aromatic nitrogens is 3. The van der Waals surface area contributed by atoms with E-state index in [9.17, 15) is 4.79 Å². The summed E-state index contributed by atoms with van der Waals surface area (Å²) in [5, 5.41) is 14.2. The number of nitrogens with zero attached hydrogens (tertiary/aromatic N) is 3. The van der Waals surface area contributed by atoms with Gasteiger partial charge in [-0.25, -0.2) is 0 Å². The number of aryl methyl sites for hydroxylation is 1. The van der Waals surface area contributed by atoms with Gasteiger partial charge in [-0.1, -0.05) is 30.3 Å². The van der Waals surface area contributed by atoms with E-state index < -0.39 is 0 Å². The molecule has 0 fully saturated rings. The van der Waals surface area contributed by atoms with Gasteiger partial charge in [-0.05, 0) is 37.6 Å². The number of hydrogen-bond donors (Lipinski definition) is 2. The zero-order chi connectivity index (χ0) is 16.9. The van der Waals surface area contributed by atoms with Gasteiger partial charge in [-0.3, -0.25) is 4.79 Å². The summed E-state index contributed by atoms with van der Waals surface area (Å²) in [5.74, 6) is 0.958. The van der Waals surface area contributed by atoms with Crippen LogP contribution in [-0.4, -0.2) is 21.0 Å². The van der Waals surface area contributed by atoms with Crippen LogP contribution in [-0.2, 0) is 0 Å². The molecule has 0 aliphatic rings. The molecule has 24 heavy (non-hydrogen) atoms. The number of carbonyl (C=O) groups is 1. The highest BCUT2D eigenvalue weighted by atomic mass is 16.1. The average Bonchev–Trinajstić information content (AvgIpc) is 2.57. The number of benzene rings is 2. The SMILES string of the molecule is CC(=O)c1cccc(Nc2cnnc(Nc3ccccc3C)n2)c1. The highest BCUT2D eigenvalue weighted by molar-refractivity contribution is 5.95. The van der Waals surface area contributed by atoms with E-state index in [0.717, 1.165) is 16.9 Å². The third-order valence-electron chi connectivity index (χ3n) is 3.49. The number of Topliss-reactive ketones (excluding diaryl/α,β-unsaturated/α-hetero) is 1. The van der Waals surface area contributed by atoms with Gasteiger partial charge in [0, 0.05) is 16.9 Å². The molecule has 0 amide bonds. The van der Waals surface area contributed by atoms with Crippen molar-refractivity contribution >= 4 is 28.9 Å².